The van der Waals surface area contributed by atoms with E-state index in [1.54, 1.807) is 18.2 Å². The first-order chi connectivity index (χ1) is 11.5. The molecule has 0 saturated carbocycles. The van der Waals surface area contributed by atoms with Crippen molar-refractivity contribution in [2.24, 2.45) is 5.92 Å². The number of halogens is 2. The molecule has 6 heteroatoms. The zero-order chi connectivity index (χ0) is 16.8. The Morgan fingerprint density at radius 1 is 1.25 bits per heavy atom. The van der Waals surface area contributed by atoms with Gasteiger partial charge >= 0.3 is 0 Å². The molecular formula is C18H14ClFN2O2. The van der Waals surface area contributed by atoms with Crippen LogP contribution in [0, 0.1) is 21.8 Å². The maximum atomic E-state index is 13.2. The number of hydrogen-bond acceptors (Lipinski definition) is 3. The minimum absolute atomic E-state index is 0.0247. The summed E-state index contributed by atoms with van der Waals surface area (Å²) in [5, 5.41) is 15.1. The van der Waals surface area contributed by atoms with Crippen molar-refractivity contribution in [3.63, 3.8) is 0 Å². The number of fused-ring (bicyclic) bond motifs is 3. The van der Waals surface area contributed by atoms with Gasteiger partial charge in [-0.3, -0.25) is 10.1 Å². The smallest absolute Gasteiger partial charge is 0.294 e. The van der Waals surface area contributed by atoms with E-state index in [-0.39, 0.29) is 29.4 Å². The molecular weight excluding hydrogens is 331 g/mol. The van der Waals surface area contributed by atoms with Crippen molar-refractivity contribution >= 4 is 23.0 Å². The van der Waals surface area contributed by atoms with Crippen molar-refractivity contribution < 1.29 is 9.31 Å². The Balaban J connectivity index is 1.86. The van der Waals surface area contributed by atoms with Crippen molar-refractivity contribution in [1.29, 1.82) is 0 Å². The zero-order valence-corrected chi connectivity index (χ0v) is 13.3. The minimum atomic E-state index is -0.418. The van der Waals surface area contributed by atoms with E-state index >= 15 is 0 Å². The summed E-state index contributed by atoms with van der Waals surface area (Å²) in [4.78, 5) is 11.0. The van der Waals surface area contributed by atoms with E-state index < -0.39 is 4.92 Å². The number of allylic oxidation sites excluding steroid dienone is 2. The summed E-state index contributed by atoms with van der Waals surface area (Å²) in [6.07, 6.45) is 5.04. The van der Waals surface area contributed by atoms with Gasteiger partial charge in [0, 0.05) is 17.0 Å². The fourth-order valence-corrected chi connectivity index (χ4v) is 4.01. The Hall–Kier alpha value is -2.40. The normalized spacial score (nSPS) is 24.2. The van der Waals surface area contributed by atoms with Crippen LogP contribution in [-0.4, -0.2) is 4.92 Å². The molecule has 2 aromatic rings. The lowest BCUT2D eigenvalue weighted by molar-refractivity contribution is -0.384. The van der Waals surface area contributed by atoms with Gasteiger partial charge in [-0.25, -0.2) is 4.39 Å². The quantitative estimate of drug-likeness (QED) is 0.462. The van der Waals surface area contributed by atoms with Crippen molar-refractivity contribution in [1.82, 2.24) is 0 Å². The van der Waals surface area contributed by atoms with Crippen LogP contribution in [0.25, 0.3) is 0 Å². The number of nitro benzene ring substituents is 1. The lowest BCUT2D eigenvalue weighted by atomic mass is 9.77. The molecule has 0 radical (unpaired) electrons. The summed E-state index contributed by atoms with van der Waals surface area (Å²) in [7, 11) is 0. The van der Waals surface area contributed by atoms with Gasteiger partial charge in [0.15, 0.2) is 0 Å². The van der Waals surface area contributed by atoms with Crippen LogP contribution in [0.3, 0.4) is 0 Å². The van der Waals surface area contributed by atoms with E-state index in [0.717, 1.165) is 17.5 Å². The van der Waals surface area contributed by atoms with Gasteiger partial charge in [0.25, 0.3) is 5.69 Å². The molecule has 0 amide bonds. The molecule has 0 unspecified atom stereocenters. The van der Waals surface area contributed by atoms with Crippen LogP contribution < -0.4 is 5.32 Å². The van der Waals surface area contributed by atoms with Crippen molar-refractivity contribution in [2.45, 2.75) is 18.4 Å². The van der Waals surface area contributed by atoms with E-state index in [0.29, 0.717) is 10.7 Å². The van der Waals surface area contributed by atoms with Crippen LogP contribution in [0.4, 0.5) is 15.8 Å². The molecule has 4 nitrogen and oxygen atoms in total. The molecule has 0 bridgehead atoms. The average Bonchev–Trinajstić information content (AvgIpc) is 3.04. The highest BCUT2D eigenvalue weighted by molar-refractivity contribution is 6.31. The molecule has 1 N–H and O–H groups in total. The molecule has 2 aromatic carbocycles. The molecule has 1 aliphatic carbocycles. The first-order valence-corrected chi connectivity index (χ1v) is 8.09. The third kappa shape index (κ3) is 2.36. The van der Waals surface area contributed by atoms with E-state index in [1.165, 1.54) is 18.2 Å². The van der Waals surface area contributed by atoms with Crippen LogP contribution in [0.2, 0.25) is 5.02 Å². The Kier molecular flexibility index (Phi) is 3.53. The van der Waals surface area contributed by atoms with Crippen LogP contribution in [0.1, 0.15) is 29.5 Å². The minimum Gasteiger partial charge on any atom is -0.372 e. The predicted molar refractivity (Wildman–Crippen MR) is 90.9 cm³/mol. The molecule has 2 aliphatic rings. The van der Waals surface area contributed by atoms with Gasteiger partial charge in [-0.15, -0.1) is 0 Å². The number of nitro groups is 1. The van der Waals surface area contributed by atoms with Crippen LogP contribution in [-0.2, 0) is 0 Å². The molecule has 122 valence electrons. The Bertz CT molecular complexity index is 851. The van der Waals surface area contributed by atoms with Gasteiger partial charge in [-0.2, -0.15) is 0 Å². The van der Waals surface area contributed by atoms with E-state index in [1.807, 2.05) is 0 Å². The highest BCUT2D eigenvalue weighted by Crippen LogP contribution is 2.52. The van der Waals surface area contributed by atoms with Crippen LogP contribution >= 0.6 is 11.6 Å². The first kappa shape index (κ1) is 15.1. The van der Waals surface area contributed by atoms with Gasteiger partial charge in [0.2, 0.25) is 0 Å². The second-order valence-electron chi connectivity index (χ2n) is 6.17. The molecule has 24 heavy (non-hydrogen) atoms. The Morgan fingerprint density at radius 2 is 2.00 bits per heavy atom. The summed E-state index contributed by atoms with van der Waals surface area (Å²) in [5.74, 6) is -0.0106. The molecule has 3 atom stereocenters. The van der Waals surface area contributed by atoms with Gasteiger partial charge in [-0.05, 0) is 41.7 Å². The monoisotopic (exact) mass is 344 g/mol. The summed E-state index contributed by atoms with van der Waals surface area (Å²) >= 11 is 6.09. The SMILES string of the molecule is O=[N+]([O-])c1cc(Cl)cc2c1N[C@H](c1ccc(F)cc1)[C@H]1CC=C[C@H]21. The Labute approximate surface area is 143 Å². The Morgan fingerprint density at radius 3 is 2.71 bits per heavy atom. The second kappa shape index (κ2) is 5.60. The highest BCUT2D eigenvalue weighted by atomic mass is 35.5. The highest BCUT2D eigenvalue weighted by Gasteiger charge is 2.40. The number of hydrogen-bond donors (Lipinski definition) is 1. The lowest BCUT2D eigenvalue weighted by Crippen LogP contribution is -2.29. The van der Waals surface area contributed by atoms with Crippen molar-refractivity contribution in [3.8, 4) is 0 Å². The third-order valence-corrected chi connectivity index (χ3v) is 5.06. The molecule has 0 fully saturated rings. The summed E-state index contributed by atoms with van der Waals surface area (Å²) in [6, 6.07) is 9.35. The topological polar surface area (TPSA) is 55.2 Å². The van der Waals surface area contributed by atoms with Gasteiger partial charge in [0.05, 0.1) is 11.0 Å². The number of nitrogens with zero attached hydrogens (tertiary/aromatic N) is 1. The number of benzene rings is 2. The summed E-state index contributed by atoms with van der Waals surface area (Å²) < 4.78 is 13.2. The number of nitrogens with one attached hydrogen (secondary N) is 1. The second-order valence-corrected chi connectivity index (χ2v) is 6.61. The van der Waals surface area contributed by atoms with E-state index in [9.17, 15) is 14.5 Å². The average molecular weight is 345 g/mol. The fourth-order valence-electron chi connectivity index (χ4n) is 3.79. The van der Waals surface area contributed by atoms with E-state index in [4.69, 9.17) is 11.6 Å². The largest absolute Gasteiger partial charge is 0.372 e. The lowest BCUT2D eigenvalue weighted by Gasteiger charge is -2.37. The van der Waals surface area contributed by atoms with Crippen LogP contribution in [0.5, 0.6) is 0 Å². The standard InChI is InChI=1S/C18H14ClFN2O2/c19-11-8-15-13-2-1-3-14(13)17(10-4-6-12(20)7-5-10)21-18(15)16(9-11)22(23)24/h1-2,4-9,13-14,17,21H,3H2/t13-,14-,17+/m0/s1. The zero-order valence-electron chi connectivity index (χ0n) is 12.6. The van der Waals surface area contributed by atoms with Crippen molar-refractivity contribution in [2.75, 3.05) is 5.32 Å². The molecule has 0 aromatic heterocycles. The summed E-state index contributed by atoms with van der Waals surface area (Å²) in [6.45, 7) is 0. The maximum absolute atomic E-state index is 13.2. The van der Waals surface area contributed by atoms with E-state index in [2.05, 4.69) is 17.5 Å². The predicted octanol–water partition coefficient (Wildman–Crippen LogP) is 5.21. The van der Waals surface area contributed by atoms with Gasteiger partial charge in [-0.1, -0.05) is 35.9 Å². The van der Waals surface area contributed by atoms with Gasteiger partial charge in [0.1, 0.15) is 11.5 Å². The molecule has 1 aliphatic heterocycles. The number of anilines is 1. The molecule has 1 heterocycles. The molecule has 4 rings (SSSR count). The fraction of sp³-hybridized carbons (Fsp3) is 0.222. The number of rotatable bonds is 2. The third-order valence-electron chi connectivity index (χ3n) is 4.84. The molecule has 0 saturated heterocycles. The van der Waals surface area contributed by atoms with Gasteiger partial charge < -0.3 is 5.32 Å². The first-order valence-electron chi connectivity index (χ1n) is 7.71. The summed E-state index contributed by atoms with van der Waals surface area (Å²) in [5.41, 5.74) is 2.26. The van der Waals surface area contributed by atoms with Crippen molar-refractivity contribution in [3.05, 3.63) is 80.6 Å². The molecule has 0 spiro atoms. The maximum Gasteiger partial charge on any atom is 0.294 e. The van der Waals surface area contributed by atoms with Crippen LogP contribution in [0.15, 0.2) is 48.6 Å².